The van der Waals surface area contributed by atoms with Crippen molar-refractivity contribution in [1.29, 1.82) is 0 Å². The van der Waals surface area contributed by atoms with Gasteiger partial charge in [0.1, 0.15) is 0 Å². The van der Waals surface area contributed by atoms with Gasteiger partial charge in [0.15, 0.2) is 11.5 Å². The largest absolute Gasteiger partial charge is 0.490 e. The number of nitrogens with zero attached hydrogens (tertiary/aromatic N) is 1. The van der Waals surface area contributed by atoms with Gasteiger partial charge in [-0.2, -0.15) is 13.5 Å². The summed E-state index contributed by atoms with van der Waals surface area (Å²) in [6.07, 6.45) is 1.41. The average Bonchev–Trinajstić information content (AvgIpc) is 2.58. The van der Waals surface area contributed by atoms with Crippen LogP contribution in [0.25, 0.3) is 0 Å². The summed E-state index contributed by atoms with van der Waals surface area (Å²) in [4.78, 5) is 2.36. The average molecular weight is 441 g/mol. The fourth-order valence-electron chi connectivity index (χ4n) is 2.15. The van der Waals surface area contributed by atoms with E-state index in [9.17, 15) is 8.42 Å². The van der Waals surface area contributed by atoms with Crippen LogP contribution in [0, 0.1) is 6.92 Å². The third kappa shape index (κ3) is 5.22. The Balaban J connectivity index is 2.20. The summed E-state index contributed by atoms with van der Waals surface area (Å²) in [7, 11) is -3.71. The van der Waals surface area contributed by atoms with Gasteiger partial charge in [-0.25, -0.2) is 4.83 Å². The number of halogens is 1. The molecule has 26 heavy (non-hydrogen) atoms. The van der Waals surface area contributed by atoms with Gasteiger partial charge < -0.3 is 9.47 Å². The first kappa shape index (κ1) is 20.3. The van der Waals surface area contributed by atoms with Crippen LogP contribution in [0.5, 0.6) is 11.5 Å². The molecule has 0 aromatic heterocycles. The summed E-state index contributed by atoms with van der Waals surface area (Å²) in [5.41, 5.74) is 1.64. The van der Waals surface area contributed by atoms with E-state index >= 15 is 0 Å². The molecule has 0 bridgehead atoms. The quantitative estimate of drug-likeness (QED) is 0.499. The third-order valence-corrected chi connectivity index (χ3v) is 5.17. The monoisotopic (exact) mass is 440 g/mol. The molecule has 0 aliphatic rings. The van der Waals surface area contributed by atoms with Crippen molar-refractivity contribution >= 4 is 32.2 Å². The van der Waals surface area contributed by atoms with Crippen LogP contribution in [-0.2, 0) is 10.0 Å². The first-order valence-corrected chi connectivity index (χ1v) is 10.4. The lowest BCUT2D eigenvalue weighted by Crippen LogP contribution is -2.18. The van der Waals surface area contributed by atoms with E-state index in [0.717, 1.165) is 5.56 Å². The van der Waals surface area contributed by atoms with E-state index in [0.29, 0.717) is 34.7 Å². The fraction of sp³-hybridized carbons (Fsp3) is 0.278. The molecular weight excluding hydrogens is 420 g/mol. The highest BCUT2D eigenvalue weighted by Gasteiger charge is 2.13. The van der Waals surface area contributed by atoms with Crippen LogP contribution >= 0.6 is 15.9 Å². The number of hydrazone groups is 1. The Labute approximate surface area is 162 Å². The van der Waals surface area contributed by atoms with Crippen molar-refractivity contribution in [3.8, 4) is 11.5 Å². The molecule has 2 rings (SSSR count). The Bertz CT molecular complexity index is 881. The van der Waals surface area contributed by atoms with Crippen LogP contribution in [0.3, 0.4) is 0 Å². The van der Waals surface area contributed by atoms with E-state index in [4.69, 9.17) is 9.47 Å². The lowest BCUT2D eigenvalue weighted by Gasteiger charge is -2.13. The zero-order valence-electron chi connectivity index (χ0n) is 14.8. The molecule has 0 spiro atoms. The summed E-state index contributed by atoms with van der Waals surface area (Å²) in [5, 5.41) is 3.85. The van der Waals surface area contributed by atoms with Crippen molar-refractivity contribution in [1.82, 2.24) is 4.83 Å². The van der Waals surface area contributed by atoms with Crippen molar-refractivity contribution in [2.75, 3.05) is 13.2 Å². The summed E-state index contributed by atoms with van der Waals surface area (Å²) in [6.45, 7) is 6.63. The van der Waals surface area contributed by atoms with E-state index in [1.54, 1.807) is 24.3 Å². The molecule has 0 aliphatic carbocycles. The predicted molar refractivity (Wildman–Crippen MR) is 106 cm³/mol. The van der Waals surface area contributed by atoms with Crippen LogP contribution in [-0.4, -0.2) is 27.8 Å². The van der Waals surface area contributed by atoms with Gasteiger partial charge in [-0.15, -0.1) is 0 Å². The molecule has 8 heteroatoms. The highest BCUT2D eigenvalue weighted by Crippen LogP contribution is 2.36. The maximum absolute atomic E-state index is 12.2. The topological polar surface area (TPSA) is 77.0 Å². The van der Waals surface area contributed by atoms with E-state index in [1.807, 2.05) is 20.8 Å². The molecule has 2 aromatic rings. The predicted octanol–water partition coefficient (Wildman–Crippen LogP) is 3.87. The van der Waals surface area contributed by atoms with E-state index < -0.39 is 10.0 Å². The molecule has 1 N–H and O–H groups in total. The Kier molecular flexibility index (Phi) is 7.05. The molecule has 6 nitrogen and oxygen atoms in total. The number of rotatable bonds is 8. The molecule has 0 amide bonds. The van der Waals surface area contributed by atoms with Gasteiger partial charge in [-0.1, -0.05) is 17.7 Å². The van der Waals surface area contributed by atoms with Gasteiger partial charge in [0.25, 0.3) is 10.0 Å². The van der Waals surface area contributed by atoms with E-state index in [2.05, 4.69) is 25.9 Å². The smallest absolute Gasteiger partial charge is 0.276 e. The molecule has 0 atom stereocenters. The van der Waals surface area contributed by atoms with Gasteiger partial charge >= 0.3 is 0 Å². The second-order valence-corrected chi connectivity index (χ2v) is 7.88. The first-order chi connectivity index (χ1) is 12.4. The summed E-state index contributed by atoms with van der Waals surface area (Å²) < 4.78 is 36.3. The van der Waals surface area contributed by atoms with Crippen LogP contribution < -0.4 is 14.3 Å². The van der Waals surface area contributed by atoms with Gasteiger partial charge in [0.05, 0.1) is 28.8 Å². The minimum atomic E-state index is -3.71. The number of sulfonamides is 1. The van der Waals surface area contributed by atoms with Gasteiger partial charge in [0, 0.05) is 0 Å². The molecular formula is C18H21BrN2O4S. The van der Waals surface area contributed by atoms with Crippen molar-refractivity contribution in [3.63, 3.8) is 0 Å². The van der Waals surface area contributed by atoms with Crippen molar-refractivity contribution in [2.45, 2.75) is 25.7 Å². The van der Waals surface area contributed by atoms with Gasteiger partial charge in [-0.05, 0) is 66.5 Å². The summed E-state index contributed by atoms with van der Waals surface area (Å²) in [5.74, 6) is 1.17. The second kappa shape index (κ2) is 9.05. The van der Waals surface area contributed by atoms with Crippen LogP contribution in [0.2, 0.25) is 0 Å². The zero-order chi connectivity index (χ0) is 19.2. The lowest BCUT2D eigenvalue weighted by atomic mass is 10.2. The highest BCUT2D eigenvalue weighted by molar-refractivity contribution is 9.10. The molecule has 0 saturated heterocycles. The Hall–Kier alpha value is -2.06. The Morgan fingerprint density at radius 2 is 1.77 bits per heavy atom. The van der Waals surface area contributed by atoms with Gasteiger partial charge in [0.2, 0.25) is 0 Å². The van der Waals surface area contributed by atoms with Crippen molar-refractivity contribution < 1.29 is 17.9 Å². The SMILES string of the molecule is CCOc1cc(/C=N/NS(=O)(=O)c2ccc(C)cc2)cc(Br)c1OCC. The minimum Gasteiger partial charge on any atom is -0.490 e. The molecule has 0 saturated carbocycles. The summed E-state index contributed by atoms with van der Waals surface area (Å²) >= 11 is 3.44. The normalized spacial score (nSPS) is 11.5. The second-order valence-electron chi connectivity index (χ2n) is 5.36. The zero-order valence-corrected chi connectivity index (χ0v) is 17.2. The maximum Gasteiger partial charge on any atom is 0.276 e. The summed E-state index contributed by atoms with van der Waals surface area (Å²) in [6, 6.07) is 10.0. The third-order valence-electron chi connectivity index (χ3n) is 3.34. The molecule has 2 aromatic carbocycles. The number of benzene rings is 2. The molecule has 0 aliphatic heterocycles. The number of hydrogen-bond acceptors (Lipinski definition) is 5. The molecule has 140 valence electrons. The fourth-order valence-corrected chi connectivity index (χ4v) is 3.52. The van der Waals surface area contributed by atoms with E-state index in [1.165, 1.54) is 18.3 Å². The first-order valence-electron chi connectivity index (χ1n) is 8.08. The molecule has 0 fully saturated rings. The lowest BCUT2D eigenvalue weighted by molar-refractivity contribution is 0.286. The number of hydrogen-bond donors (Lipinski definition) is 1. The Morgan fingerprint density at radius 3 is 2.38 bits per heavy atom. The van der Waals surface area contributed by atoms with Crippen LogP contribution in [0.15, 0.2) is 50.9 Å². The number of nitrogens with one attached hydrogen (secondary N) is 1. The van der Waals surface area contributed by atoms with E-state index in [-0.39, 0.29) is 4.90 Å². The van der Waals surface area contributed by atoms with Crippen LogP contribution in [0.1, 0.15) is 25.0 Å². The van der Waals surface area contributed by atoms with Crippen molar-refractivity contribution in [3.05, 3.63) is 52.0 Å². The van der Waals surface area contributed by atoms with Crippen LogP contribution in [0.4, 0.5) is 0 Å². The molecule has 0 radical (unpaired) electrons. The molecule has 0 heterocycles. The number of aryl methyl sites for hydroxylation is 1. The van der Waals surface area contributed by atoms with Gasteiger partial charge in [-0.3, -0.25) is 0 Å². The standard InChI is InChI=1S/C18H21BrN2O4S/c1-4-24-17-11-14(10-16(19)18(17)25-5-2)12-20-21-26(22,23)15-8-6-13(3)7-9-15/h6-12,21H,4-5H2,1-3H3/b20-12+. The van der Waals surface area contributed by atoms with Crippen molar-refractivity contribution in [2.24, 2.45) is 5.10 Å². The molecule has 0 unspecified atom stereocenters. The Morgan fingerprint density at radius 1 is 1.12 bits per heavy atom. The highest BCUT2D eigenvalue weighted by atomic mass is 79.9. The maximum atomic E-state index is 12.2. The minimum absolute atomic E-state index is 0.156. The number of ether oxygens (including phenoxy) is 2.